The SMILES string of the molecule is O=C(c1ccccc1)C(OC1=CC=CCC1=S)c1ccccc1. The fourth-order valence-corrected chi connectivity index (χ4v) is 2.62. The summed E-state index contributed by atoms with van der Waals surface area (Å²) in [5.41, 5.74) is 1.44. The van der Waals surface area contributed by atoms with Gasteiger partial charge in [0.1, 0.15) is 5.76 Å². The Morgan fingerprint density at radius 3 is 2.30 bits per heavy atom. The summed E-state index contributed by atoms with van der Waals surface area (Å²) in [6.07, 6.45) is 5.67. The second kappa shape index (κ2) is 7.16. The number of carbonyl (C=O) groups excluding carboxylic acids is 1. The standard InChI is InChI=1S/C20H16O2S/c21-19(15-9-3-1-4-10-15)20(16-11-5-2-6-12-16)22-17-13-7-8-14-18(17)23/h1-13,20H,14H2. The minimum absolute atomic E-state index is 0.0740. The lowest BCUT2D eigenvalue weighted by atomic mass is 9.99. The molecule has 3 heteroatoms. The van der Waals surface area contributed by atoms with Crippen molar-refractivity contribution in [3.63, 3.8) is 0 Å². The minimum atomic E-state index is -0.700. The number of Topliss-reactive ketones (excluding diaryl/α,β-unsaturated/α-hetero) is 1. The van der Waals surface area contributed by atoms with Crippen LogP contribution in [0.4, 0.5) is 0 Å². The summed E-state index contributed by atoms with van der Waals surface area (Å²) < 4.78 is 6.03. The average Bonchev–Trinajstić information content (AvgIpc) is 2.62. The predicted octanol–water partition coefficient (Wildman–Crippen LogP) is 4.84. The number of rotatable bonds is 5. The molecular formula is C20H16O2S. The first-order chi connectivity index (χ1) is 11.3. The van der Waals surface area contributed by atoms with Crippen molar-refractivity contribution in [2.24, 2.45) is 0 Å². The molecule has 114 valence electrons. The number of benzene rings is 2. The molecule has 0 spiro atoms. The van der Waals surface area contributed by atoms with E-state index < -0.39 is 6.10 Å². The molecule has 0 aliphatic heterocycles. The first-order valence-corrected chi connectivity index (χ1v) is 7.87. The van der Waals surface area contributed by atoms with Gasteiger partial charge in [-0.1, -0.05) is 85.0 Å². The van der Waals surface area contributed by atoms with Gasteiger partial charge in [0.2, 0.25) is 5.78 Å². The zero-order chi connectivity index (χ0) is 16.1. The van der Waals surface area contributed by atoms with Crippen LogP contribution in [0.15, 0.2) is 84.7 Å². The summed E-state index contributed by atoms with van der Waals surface area (Å²) in [7, 11) is 0. The van der Waals surface area contributed by atoms with Crippen LogP contribution < -0.4 is 0 Å². The van der Waals surface area contributed by atoms with E-state index in [9.17, 15) is 4.79 Å². The van der Waals surface area contributed by atoms with Gasteiger partial charge in [0.25, 0.3) is 0 Å². The highest BCUT2D eigenvalue weighted by atomic mass is 32.1. The lowest BCUT2D eigenvalue weighted by Crippen LogP contribution is -2.19. The Balaban J connectivity index is 1.94. The van der Waals surface area contributed by atoms with E-state index in [-0.39, 0.29) is 5.78 Å². The molecule has 2 nitrogen and oxygen atoms in total. The maximum Gasteiger partial charge on any atom is 0.207 e. The first kappa shape index (κ1) is 15.4. The molecule has 1 atom stereocenters. The van der Waals surface area contributed by atoms with Gasteiger partial charge in [-0.15, -0.1) is 0 Å². The zero-order valence-electron chi connectivity index (χ0n) is 12.5. The number of carbonyl (C=O) groups is 1. The van der Waals surface area contributed by atoms with Crippen LogP contribution in [-0.4, -0.2) is 10.6 Å². The molecule has 0 radical (unpaired) electrons. The van der Waals surface area contributed by atoms with Gasteiger partial charge in [-0.2, -0.15) is 0 Å². The van der Waals surface area contributed by atoms with Crippen LogP contribution in [0, 0.1) is 0 Å². The third-order valence-corrected chi connectivity index (χ3v) is 3.97. The summed E-state index contributed by atoms with van der Waals surface area (Å²) in [6.45, 7) is 0. The number of thiocarbonyl (C=S) groups is 1. The molecule has 0 saturated heterocycles. The van der Waals surface area contributed by atoms with E-state index in [0.717, 1.165) is 5.56 Å². The van der Waals surface area contributed by atoms with Crippen molar-refractivity contribution in [2.45, 2.75) is 12.5 Å². The van der Waals surface area contributed by atoms with Crippen LogP contribution in [-0.2, 0) is 4.74 Å². The van der Waals surface area contributed by atoms with Crippen LogP contribution in [0.1, 0.15) is 28.4 Å². The molecule has 0 heterocycles. The van der Waals surface area contributed by atoms with Crippen molar-refractivity contribution in [1.29, 1.82) is 0 Å². The van der Waals surface area contributed by atoms with Gasteiger partial charge < -0.3 is 4.74 Å². The normalized spacial score (nSPS) is 15.0. The number of ether oxygens (including phenoxy) is 1. The minimum Gasteiger partial charge on any atom is -0.476 e. The van der Waals surface area contributed by atoms with Gasteiger partial charge in [0.15, 0.2) is 6.10 Å². The second-order valence-electron chi connectivity index (χ2n) is 5.23. The Bertz CT molecular complexity index is 761. The fourth-order valence-electron chi connectivity index (χ4n) is 2.41. The molecule has 3 rings (SSSR count). The van der Waals surface area contributed by atoms with Gasteiger partial charge >= 0.3 is 0 Å². The maximum atomic E-state index is 12.9. The molecule has 2 aromatic rings. The largest absolute Gasteiger partial charge is 0.476 e. The third-order valence-electron chi connectivity index (χ3n) is 3.61. The van der Waals surface area contributed by atoms with E-state index in [1.54, 1.807) is 12.1 Å². The molecule has 0 N–H and O–H groups in total. The van der Waals surface area contributed by atoms with Crippen molar-refractivity contribution >= 4 is 22.9 Å². The van der Waals surface area contributed by atoms with Crippen LogP contribution in [0.5, 0.6) is 0 Å². The first-order valence-electron chi connectivity index (χ1n) is 7.46. The highest BCUT2D eigenvalue weighted by molar-refractivity contribution is 7.80. The van der Waals surface area contributed by atoms with Gasteiger partial charge in [-0.25, -0.2) is 0 Å². The fraction of sp³-hybridized carbons (Fsp3) is 0.100. The zero-order valence-corrected chi connectivity index (χ0v) is 13.3. The Morgan fingerprint density at radius 1 is 1.00 bits per heavy atom. The quantitative estimate of drug-likeness (QED) is 0.582. The van der Waals surface area contributed by atoms with Gasteiger partial charge in [-0.3, -0.25) is 4.79 Å². The summed E-state index contributed by atoms with van der Waals surface area (Å²) in [5.74, 6) is 0.524. The van der Waals surface area contributed by atoms with Gasteiger partial charge in [0, 0.05) is 17.5 Å². The van der Waals surface area contributed by atoms with Crippen molar-refractivity contribution in [2.75, 3.05) is 0 Å². The van der Waals surface area contributed by atoms with E-state index in [0.29, 0.717) is 22.6 Å². The summed E-state index contributed by atoms with van der Waals surface area (Å²) in [5, 5.41) is 0. The molecule has 1 aliphatic carbocycles. The van der Waals surface area contributed by atoms with Crippen LogP contribution >= 0.6 is 12.2 Å². The van der Waals surface area contributed by atoms with Crippen LogP contribution in [0.3, 0.4) is 0 Å². The van der Waals surface area contributed by atoms with Gasteiger partial charge in [0.05, 0.1) is 4.86 Å². The average molecular weight is 320 g/mol. The van der Waals surface area contributed by atoms with Crippen LogP contribution in [0.2, 0.25) is 0 Å². The summed E-state index contributed by atoms with van der Waals surface area (Å²) in [6, 6.07) is 18.7. The molecule has 1 unspecified atom stereocenters. The molecule has 0 aromatic heterocycles. The Morgan fingerprint density at radius 2 is 1.65 bits per heavy atom. The molecule has 1 aliphatic rings. The smallest absolute Gasteiger partial charge is 0.207 e. The summed E-state index contributed by atoms with van der Waals surface area (Å²) >= 11 is 5.34. The van der Waals surface area contributed by atoms with Crippen molar-refractivity contribution in [3.8, 4) is 0 Å². The molecule has 0 bridgehead atoms. The lowest BCUT2D eigenvalue weighted by Gasteiger charge is -2.21. The number of hydrogen-bond acceptors (Lipinski definition) is 3. The second-order valence-corrected chi connectivity index (χ2v) is 5.72. The van der Waals surface area contributed by atoms with Gasteiger partial charge in [-0.05, 0) is 6.08 Å². The highest BCUT2D eigenvalue weighted by Crippen LogP contribution is 2.27. The summed E-state index contributed by atoms with van der Waals surface area (Å²) in [4.78, 5) is 13.6. The third kappa shape index (κ3) is 3.63. The van der Waals surface area contributed by atoms with Crippen molar-refractivity contribution in [1.82, 2.24) is 0 Å². The van der Waals surface area contributed by atoms with Crippen LogP contribution in [0.25, 0.3) is 0 Å². The molecule has 2 aromatic carbocycles. The van der Waals surface area contributed by atoms with Crippen molar-refractivity contribution < 1.29 is 9.53 Å². The Hall–Kier alpha value is -2.52. The Labute approximate surface area is 141 Å². The maximum absolute atomic E-state index is 12.9. The Kier molecular flexibility index (Phi) is 4.79. The number of hydrogen-bond donors (Lipinski definition) is 0. The highest BCUT2D eigenvalue weighted by Gasteiger charge is 2.25. The lowest BCUT2D eigenvalue weighted by molar-refractivity contribution is 0.0675. The molecule has 0 saturated carbocycles. The monoisotopic (exact) mass is 320 g/mol. The predicted molar refractivity (Wildman–Crippen MR) is 95.5 cm³/mol. The molecule has 23 heavy (non-hydrogen) atoms. The number of ketones is 1. The van der Waals surface area contributed by atoms with E-state index in [4.69, 9.17) is 17.0 Å². The number of allylic oxidation sites excluding steroid dienone is 4. The van der Waals surface area contributed by atoms with E-state index in [2.05, 4.69) is 0 Å². The van der Waals surface area contributed by atoms with E-state index in [1.165, 1.54) is 0 Å². The molecule has 0 fully saturated rings. The van der Waals surface area contributed by atoms with E-state index >= 15 is 0 Å². The van der Waals surface area contributed by atoms with Crippen molar-refractivity contribution in [3.05, 3.63) is 95.8 Å². The van der Waals surface area contributed by atoms with E-state index in [1.807, 2.05) is 66.8 Å². The topological polar surface area (TPSA) is 26.3 Å². The molecular weight excluding hydrogens is 304 g/mol. The molecule has 0 amide bonds.